The number of para-hydroxylation sites is 3. The fourth-order valence-electron chi connectivity index (χ4n) is 11.5. The zero-order valence-electron chi connectivity index (χ0n) is 38.2. The van der Waals surface area contributed by atoms with Crippen molar-refractivity contribution in [2.75, 3.05) is 9.80 Å². The summed E-state index contributed by atoms with van der Waals surface area (Å²) in [4.78, 5) is 4.86. The molecule has 0 amide bonds. The molecule has 2 aliphatic carbocycles. The van der Waals surface area contributed by atoms with Gasteiger partial charge in [-0.2, -0.15) is 0 Å². The first-order valence-corrected chi connectivity index (χ1v) is 23.8. The van der Waals surface area contributed by atoms with Crippen molar-refractivity contribution < 1.29 is 0 Å². The minimum Gasteiger partial charge on any atom is -0.311 e. The van der Waals surface area contributed by atoms with Crippen LogP contribution < -0.4 is 9.80 Å². The van der Waals surface area contributed by atoms with Crippen molar-refractivity contribution in [3.63, 3.8) is 0 Å². The second kappa shape index (κ2) is 17.2. The van der Waals surface area contributed by atoms with E-state index in [1.807, 2.05) is 0 Å². The van der Waals surface area contributed by atoms with Crippen molar-refractivity contribution >= 4 is 34.1 Å². The highest BCUT2D eigenvalue weighted by Crippen LogP contribution is 2.55. The van der Waals surface area contributed by atoms with Crippen LogP contribution in [0.3, 0.4) is 0 Å². The Morgan fingerprint density at radius 2 is 0.879 bits per heavy atom. The molecule has 11 rings (SSSR count). The summed E-state index contributed by atoms with van der Waals surface area (Å²) >= 11 is 0. The molecule has 0 radical (unpaired) electrons. The molecule has 2 heteroatoms. The van der Waals surface area contributed by atoms with Gasteiger partial charge in [0.05, 0.1) is 5.69 Å². The summed E-state index contributed by atoms with van der Waals surface area (Å²) < 4.78 is 0. The summed E-state index contributed by atoms with van der Waals surface area (Å²) in [5.41, 5.74) is 19.8. The van der Waals surface area contributed by atoms with Crippen LogP contribution in [-0.4, -0.2) is 0 Å². The molecule has 1 fully saturated rings. The van der Waals surface area contributed by atoms with Crippen LogP contribution in [0, 0.1) is 5.92 Å². The molecule has 0 aliphatic heterocycles. The summed E-state index contributed by atoms with van der Waals surface area (Å²) in [7, 11) is 0. The first-order valence-electron chi connectivity index (χ1n) is 23.8. The molecular weight excluding hydrogens is 797 g/mol. The first kappa shape index (κ1) is 41.3. The highest BCUT2D eigenvalue weighted by Gasteiger charge is 2.42. The third-order valence-electron chi connectivity index (χ3n) is 14.9. The standard InChI is InChI=1S/C64H56N2/c1-46-21-18-19-44-64(46,49-34-38-53(39-35-49)65(51-26-12-6-13-27-51)52-28-14-7-15-29-52)50-36-40-54(41-37-50)66(61-33-17-16-30-56(61)47-22-8-4-9-23-47)55-42-43-58-60(45-55)63(2,3)59-32-20-31-57(62(58)59)48-24-10-5-11-25-48/h4-17,20,22-43,45-46H,18-19,21,44H2,1-3H3. The Kier molecular flexibility index (Phi) is 10.7. The molecular formula is C64H56N2. The number of nitrogens with zero attached hydrogens (tertiary/aromatic N) is 2. The predicted molar refractivity (Wildman–Crippen MR) is 279 cm³/mol. The third-order valence-corrected chi connectivity index (χ3v) is 14.9. The monoisotopic (exact) mass is 852 g/mol. The van der Waals surface area contributed by atoms with Crippen LogP contribution in [0.25, 0.3) is 33.4 Å². The lowest BCUT2D eigenvalue weighted by atomic mass is 9.60. The molecule has 2 atom stereocenters. The zero-order valence-corrected chi connectivity index (χ0v) is 38.2. The molecule has 1 saturated carbocycles. The molecule has 9 aromatic rings. The number of anilines is 6. The molecule has 2 unspecified atom stereocenters. The number of hydrogen-bond acceptors (Lipinski definition) is 2. The van der Waals surface area contributed by atoms with Gasteiger partial charge in [0.15, 0.2) is 0 Å². The lowest BCUT2D eigenvalue weighted by molar-refractivity contribution is 0.244. The van der Waals surface area contributed by atoms with Crippen molar-refractivity contribution in [1.29, 1.82) is 0 Å². The Morgan fingerprint density at radius 1 is 0.394 bits per heavy atom. The molecule has 66 heavy (non-hydrogen) atoms. The molecule has 322 valence electrons. The fourth-order valence-corrected chi connectivity index (χ4v) is 11.5. The lowest BCUT2D eigenvalue weighted by Gasteiger charge is -2.44. The lowest BCUT2D eigenvalue weighted by Crippen LogP contribution is -2.37. The Hall–Kier alpha value is -7.42. The van der Waals surface area contributed by atoms with Gasteiger partial charge in [-0.15, -0.1) is 0 Å². The number of benzene rings is 9. The number of rotatable bonds is 10. The summed E-state index contributed by atoms with van der Waals surface area (Å²) in [5, 5.41) is 0. The van der Waals surface area contributed by atoms with Gasteiger partial charge in [0, 0.05) is 44.8 Å². The van der Waals surface area contributed by atoms with Crippen molar-refractivity contribution in [3.05, 3.63) is 253 Å². The summed E-state index contributed by atoms with van der Waals surface area (Å²) in [6.45, 7) is 7.27. The summed E-state index contributed by atoms with van der Waals surface area (Å²) in [6, 6.07) is 85.3. The van der Waals surface area contributed by atoms with Crippen LogP contribution in [0.4, 0.5) is 34.1 Å². The van der Waals surface area contributed by atoms with E-state index in [1.165, 1.54) is 74.9 Å². The van der Waals surface area contributed by atoms with Gasteiger partial charge in [-0.3, -0.25) is 0 Å². The Morgan fingerprint density at radius 3 is 1.47 bits per heavy atom. The molecule has 9 aromatic carbocycles. The van der Waals surface area contributed by atoms with E-state index in [2.05, 4.69) is 261 Å². The van der Waals surface area contributed by atoms with Crippen molar-refractivity contribution in [3.8, 4) is 33.4 Å². The second-order valence-electron chi connectivity index (χ2n) is 18.9. The predicted octanol–water partition coefficient (Wildman–Crippen LogP) is 17.8. The molecule has 2 nitrogen and oxygen atoms in total. The maximum atomic E-state index is 2.50. The van der Waals surface area contributed by atoms with Crippen LogP contribution >= 0.6 is 0 Å². The highest BCUT2D eigenvalue weighted by molar-refractivity contribution is 5.95. The smallest absolute Gasteiger partial charge is 0.0540 e. The van der Waals surface area contributed by atoms with Crippen LogP contribution in [0.2, 0.25) is 0 Å². The number of fused-ring (bicyclic) bond motifs is 3. The maximum Gasteiger partial charge on any atom is 0.0540 e. The average Bonchev–Trinajstić information content (AvgIpc) is 3.61. The maximum absolute atomic E-state index is 2.50. The first-order chi connectivity index (χ1) is 32.4. The summed E-state index contributed by atoms with van der Waals surface area (Å²) in [5.74, 6) is 0.485. The Labute approximate surface area is 391 Å². The van der Waals surface area contributed by atoms with Gasteiger partial charge in [0.2, 0.25) is 0 Å². The van der Waals surface area contributed by atoms with Gasteiger partial charge in [0.1, 0.15) is 0 Å². The molecule has 0 saturated heterocycles. The van der Waals surface area contributed by atoms with E-state index < -0.39 is 0 Å². The molecule has 0 N–H and O–H groups in total. The van der Waals surface area contributed by atoms with E-state index in [9.17, 15) is 0 Å². The van der Waals surface area contributed by atoms with Gasteiger partial charge in [-0.1, -0.05) is 197 Å². The van der Waals surface area contributed by atoms with Gasteiger partial charge in [0.25, 0.3) is 0 Å². The minimum absolute atomic E-state index is 0.105. The SMILES string of the molecule is CC1CCCCC1(c1ccc(N(c2ccccc2)c2ccccc2)cc1)c1ccc(N(c2ccc3c(c2)C(C)(C)c2cccc(-c4ccccc4)c2-3)c2ccccc2-c2ccccc2)cc1. The molecule has 2 aliphatic rings. The second-order valence-corrected chi connectivity index (χ2v) is 18.9. The molecule has 0 spiro atoms. The van der Waals surface area contributed by atoms with Crippen molar-refractivity contribution in [2.45, 2.75) is 57.3 Å². The van der Waals surface area contributed by atoms with Crippen molar-refractivity contribution in [1.82, 2.24) is 0 Å². The quantitative estimate of drug-likeness (QED) is 0.135. The van der Waals surface area contributed by atoms with E-state index in [1.54, 1.807) is 0 Å². The molecule has 0 heterocycles. The van der Waals surface area contributed by atoms with E-state index in [4.69, 9.17) is 0 Å². The normalized spacial score (nSPS) is 17.1. The van der Waals surface area contributed by atoms with Crippen molar-refractivity contribution in [2.24, 2.45) is 5.92 Å². The van der Waals surface area contributed by atoms with Crippen LogP contribution in [0.15, 0.2) is 231 Å². The van der Waals surface area contributed by atoms with Gasteiger partial charge in [-0.25, -0.2) is 0 Å². The van der Waals surface area contributed by atoms with E-state index in [0.717, 1.165) is 40.5 Å². The van der Waals surface area contributed by atoms with E-state index in [-0.39, 0.29) is 10.8 Å². The van der Waals surface area contributed by atoms with E-state index in [0.29, 0.717) is 5.92 Å². The number of hydrogen-bond donors (Lipinski definition) is 0. The van der Waals surface area contributed by atoms with Gasteiger partial charge < -0.3 is 9.80 Å². The Bertz CT molecular complexity index is 3060. The Balaban J connectivity index is 1.02. The van der Waals surface area contributed by atoms with Gasteiger partial charge in [-0.05, 0) is 136 Å². The fraction of sp³-hybridized carbons (Fsp3) is 0.156. The van der Waals surface area contributed by atoms with Crippen LogP contribution in [-0.2, 0) is 10.8 Å². The summed E-state index contributed by atoms with van der Waals surface area (Å²) in [6.07, 6.45) is 4.81. The largest absolute Gasteiger partial charge is 0.311 e. The van der Waals surface area contributed by atoms with Gasteiger partial charge >= 0.3 is 0 Å². The van der Waals surface area contributed by atoms with E-state index >= 15 is 0 Å². The molecule has 0 bridgehead atoms. The average molecular weight is 853 g/mol. The topological polar surface area (TPSA) is 6.48 Å². The third kappa shape index (κ3) is 7.13. The minimum atomic E-state index is -0.182. The van der Waals surface area contributed by atoms with Crippen LogP contribution in [0.5, 0.6) is 0 Å². The molecule has 0 aromatic heterocycles. The zero-order chi connectivity index (χ0) is 44.7. The van der Waals surface area contributed by atoms with Crippen LogP contribution in [0.1, 0.15) is 68.7 Å². The highest BCUT2D eigenvalue weighted by atomic mass is 15.1.